The first kappa shape index (κ1) is 21.3. The van der Waals surface area contributed by atoms with Crippen molar-refractivity contribution in [2.75, 3.05) is 7.11 Å². The van der Waals surface area contributed by atoms with Gasteiger partial charge in [-0.05, 0) is 72.3 Å². The second-order valence-corrected chi connectivity index (χ2v) is 8.68. The Hall–Kier alpha value is -2.92. The molecule has 1 heterocycles. The van der Waals surface area contributed by atoms with Crippen molar-refractivity contribution >= 4 is 46.1 Å². The van der Waals surface area contributed by atoms with Crippen LogP contribution in [0.5, 0.6) is 5.75 Å². The molecule has 0 N–H and O–H groups in total. The Balaban J connectivity index is 1.80. The van der Waals surface area contributed by atoms with Crippen molar-refractivity contribution in [1.29, 1.82) is 0 Å². The molecule has 0 atom stereocenters. The molecule has 4 aromatic rings. The van der Waals surface area contributed by atoms with Crippen LogP contribution < -0.4 is 4.74 Å². The van der Waals surface area contributed by atoms with Gasteiger partial charge in [-0.1, -0.05) is 35.3 Å². The van der Waals surface area contributed by atoms with Crippen LogP contribution in [-0.2, 0) is 0 Å². The number of rotatable bonds is 6. The minimum atomic E-state index is -0.164. The number of ether oxygens (including phenoxy) is 1. The van der Waals surface area contributed by atoms with E-state index in [4.69, 9.17) is 27.9 Å². The molecule has 0 spiro atoms. The Morgan fingerprint density at radius 3 is 1.77 bits per heavy atom. The highest BCUT2D eigenvalue weighted by Gasteiger charge is 2.22. The van der Waals surface area contributed by atoms with Gasteiger partial charge in [-0.25, -0.2) is 0 Å². The van der Waals surface area contributed by atoms with Crippen molar-refractivity contribution in [1.82, 2.24) is 0 Å². The number of carbonyl (C=O) groups is 2. The molecule has 154 valence electrons. The Bertz CT molecular complexity index is 1240. The number of hydrogen-bond acceptors (Lipinski definition) is 4. The second-order valence-electron chi connectivity index (χ2n) is 6.75. The van der Waals surface area contributed by atoms with Crippen molar-refractivity contribution in [3.05, 3.63) is 110 Å². The molecule has 3 nitrogen and oxygen atoms in total. The Kier molecular flexibility index (Phi) is 6.23. The summed E-state index contributed by atoms with van der Waals surface area (Å²) in [5, 5.41) is 1.11. The third-order valence-corrected chi connectivity index (χ3v) is 6.41. The fourth-order valence-electron chi connectivity index (χ4n) is 3.13. The standard InChI is InChI=1S/C25H16Cl2O3S/c1-30-20-12-6-15(7-13-20)21-14-22(23(28)16-2-8-18(26)9-3-16)31-25(21)24(29)17-4-10-19(27)11-5-17/h2-14H,1H3. The zero-order valence-electron chi connectivity index (χ0n) is 16.4. The quantitative estimate of drug-likeness (QED) is 0.282. The molecule has 0 bridgehead atoms. The van der Waals surface area contributed by atoms with E-state index in [0.717, 1.165) is 5.56 Å². The Labute approximate surface area is 193 Å². The molecule has 4 rings (SSSR count). The second kappa shape index (κ2) is 9.06. The van der Waals surface area contributed by atoms with E-state index in [2.05, 4.69) is 0 Å². The molecule has 0 aliphatic carbocycles. The maximum atomic E-state index is 13.3. The zero-order valence-corrected chi connectivity index (χ0v) is 18.7. The predicted molar refractivity (Wildman–Crippen MR) is 126 cm³/mol. The highest BCUT2D eigenvalue weighted by Crippen LogP contribution is 2.35. The lowest BCUT2D eigenvalue weighted by atomic mass is 10.0. The zero-order chi connectivity index (χ0) is 22.0. The molecule has 0 aliphatic rings. The van der Waals surface area contributed by atoms with Gasteiger partial charge in [0.05, 0.1) is 16.9 Å². The van der Waals surface area contributed by atoms with Crippen LogP contribution in [-0.4, -0.2) is 18.7 Å². The summed E-state index contributed by atoms with van der Waals surface area (Å²) in [6, 6.07) is 22.6. The number of benzene rings is 3. The lowest BCUT2D eigenvalue weighted by Gasteiger charge is -2.05. The van der Waals surface area contributed by atoms with Gasteiger partial charge in [-0.2, -0.15) is 0 Å². The minimum Gasteiger partial charge on any atom is -0.497 e. The van der Waals surface area contributed by atoms with E-state index in [9.17, 15) is 9.59 Å². The maximum absolute atomic E-state index is 13.3. The first-order valence-electron chi connectivity index (χ1n) is 9.35. The van der Waals surface area contributed by atoms with Gasteiger partial charge in [-0.15, -0.1) is 11.3 Å². The third-order valence-electron chi connectivity index (χ3n) is 4.78. The van der Waals surface area contributed by atoms with E-state index in [1.54, 1.807) is 61.7 Å². The van der Waals surface area contributed by atoms with Crippen LogP contribution in [0.15, 0.2) is 78.9 Å². The van der Waals surface area contributed by atoms with Crippen LogP contribution in [0.4, 0.5) is 0 Å². The molecule has 6 heteroatoms. The maximum Gasteiger partial charge on any atom is 0.203 e. The summed E-state index contributed by atoms with van der Waals surface area (Å²) in [4.78, 5) is 27.4. The van der Waals surface area contributed by atoms with Gasteiger partial charge in [0, 0.05) is 26.7 Å². The van der Waals surface area contributed by atoms with Crippen LogP contribution in [0.2, 0.25) is 10.0 Å². The topological polar surface area (TPSA) is 43.4 Å². The van der Waals surface area contributed by atoms with Crippen molar-refractivity contribution in [3.63, 3.8) is 0 Å². The van der Waals surface area contributed by atoms with Crippen LogP contribution in [0, 0.1) is 0 Å². The normalized spacial score (nSPS) is 10.7. The smallest absolute Gasteiger partial charge is 0.203 e. The monoisotopic (exact) mass is 466 g/mol. The number of hydrogen-bond donors (Lipinski definition) is 0. The van der Waals surface area contributed by atoms with E-state index >= 15 is 0 Å². The SMILES string of the molecule is COc1ccc(-c2cc(C(=O)c3ccc(Cl)cc3)sc2C(=O)c2ccc(Cl)cc2)cc1. The van der Waals surface area contributed by atoms with Crippen molar-refractivity contribution in [2.45, 2.75) is 0 Å². The summed E-state index contributed by atoms with van der Waals surface area (Å²) in [6.07, 6.45) is 0. The summed E-state index contributed by atoms with van der Waals surface area (Å²) in [6.45, 7) is 0. The van der Waals surface area contributed by atoms with E-state index in [1.165, 1.54) is 11.3 Å². The lowest BCUT2D eigenvalue weighted by Crippen LogP contribution is -2.00. The molecular weight excluding hydrogens is 451 g/mol. The molecule has 0 saturated carbocycles. The fourth-order valence-corrected chi connectivity index (χ4v) is 4.49. The number of methoxy groups -OCH3 is 1. The van der Waals surface area contributed by atoms with E-state index in [1.807, 2.05) is 24.3 Å². The van der Waals surface area contributed by atoms with Crippen LogP contribution >= 0.6 is 34.5 Å². The molecule has 31 heavy (non-hydrogen) atoms. The molecule has 0 saturated heterocycles. The number of halogens is 2. The van der Waals surface area contributed by atoms with Gasteiger partial charge in [-0.3, -0.25) is 9.59 Å². The average Bonchev–Trinajstić information content (AvgIpc) is 3.24. The predicted octanol–water partition coefficient (Wildman–Crippen LogP) is 7.19. The number of ketones is 2. The van der Waals surface area contributed by atoms with E-state index in [-0.39, 0.29) is 11.6 Å². The molecule has 1 aromatic heterocycles. The van der Waals surface area contributed by atoms with E-state index < -0.39 is 0 Å². The summed E-state index contributed by atoms with van der Waals surface area (Å²) in [7, 11) is 1.60. The largest absolute Gasteiger partial charge is 0.497 e. The summed E-state index contributed by atoms with van der Waals surface area (Å²) in [5.74, 6) is 0.385. The Morgan fingerprint density at radius 2 is 1.26 bits per heavy atom. The first-order valence-corrected chi connectivity index (χ1v) is 10.9. The number of carbonyl (C=O) groups excluding carboxylic acids is 2. The van der Waals surface area contributed by atoms with Crippen LogP contribution in [0.1, 0.15) is 30.5 Å². The lowest BCUT2D eigenvalue weighted by molar-refractivity contribution is 0.103. The van der Waals surface area contributed by atoms with Crippen LogP contribution in [0.25, 0.3) is 11.1 Å². The van der Waals surface area contributed by atoms with Crippen molar-refractivity contribution < 1.29 is 14.3 Å². The molecule has 0 radical (unpaired) electrons. The van der Waals surface area contributed by atoms with Gasteiger partial charge in [0.25, 0.3) is 0 Å². The molecule has 0 aliphatic heterocycles. The third kappa shape index (κ3) is 4.57. The van der Waals surface area contributed by atoms with Gasteiger partial charge >= 0.3 is 0 Å². The minimum absolute atomic E-state index is 0.161. The number of thiophene rings is 1. The molecule has 0 fully saturated rings. The summed E-state index contributed by atoms with van der Waals surface area (Å²) in [5.41, 5.74) is 2.54. The van der Waals surface area contributed by atoms with Gasteiger partial charge in [0.2, 0.25) is 11.6 Å². The fraction of sp³-hybridized carbons (Fsp3) is 0.0400. The van der Waals surface area contributed by atoms with Gasteiger partial charge in [0.15, 0.2) is 0 Å². The average molecular weight is 467 g/mol. The van der Waals surface area contributed by atoms with Crippen LogP contribution in [0.3, 0.4) is 0 Å². The van der Waals surface area contributed by atoms with Gasteiger partial charge in [0.1, 0.15) is 5.75 Å². The summed E-state index contributed by atoms with van der Waals surface area (Å²) >= 11 is 13.1. The molecular formula is C25H16Cl2O3S. The van der Waals surface area contributed by atoms with Gasteiger partial charge < -0.3 is 4.74 Å². The Morgan fingerprint density at radius 1 is 0.742 bits per heavy atom. The molecule has 3 aromatic carbocycles. The summed E-state index contributed by atoms with van der Waals surface area (Å²) < 4.78 is 5.23. The molecule has 0 unspecified atom stereocenters. The van der Waals surface area contributed by atoms with Crippen molar-refractivity contribution in [3.8, 4) is 16.9 Å². The first-order chi connectivity index (χ1) is 15.0. The highest BCUT2D eigenvalue weighted by atomic mass is 35.5. The highest BCUT2D eigenvalue weighted by molar-refractivity contribution is 7.17. The molecule has 0 amide bonds. The van der Waals surface area contributed by atoms with Crippen molar-refractivity contribution in [2.24, 2.45) is 0 Å². The van der Waals surface area contributed by atoms with E-state index in [0.29, 0.717) is 42.2 Å².